The first-order valence-electron chi connectivity index (χ1n) is 6.24. The standard InChI is InChI=1S/C15H14N2O4/c1-21-10-11-2-4-12(5-3-11)15(18)16-13-6-8-14(9-7-13)17(19)20/h2-9H,10H2,1H3,(H,16,18). The van der Waals surface area contributed by atoms with E-state index in [4.69, 9.17) is 4.74 Å². The van der Waals surface area contributed by atoms with Gasteiger partial charge in [-0.05, 0) is 29.8 Å². The Hall–Kier alpha value is -2.73. The second kappa shape index (κ2) is 6.62. The number of nitro benzene ring substituents is 1. The number of methoxy groups -OCH3 is 1. The number of hydrogen-bond donors (Lipinski definition) is 1. The molecule has 0 aliphatic rings. The Kier molecular flexibility index (Phi) is 4.63. The Bertz CT molecular complexity index is 636. The van der Waals surface area contributed by atoms with Crippen LogP contribution in [0.4, 0.5) is 11.4 Å². The lowest BCUT2D eigenvalue weighted by atomic mass is 10.1. The summed E-state index contributed by atoms with van der Waals surface area (Å²) in [4.78, 5) is 22.1. The second-order valence-corrected chi connectivity index (χ2v) is 4.39. The second-order valence-electron chi connectivity index (χ2n) is 4.39. The number of amides is 1. The highest BCUT2D eigenvalue weighted by Crippen LogP contribution is 2.16. The van der Waals surface area contributed by atoms with Crippen molar-refractivity contribution in [3.63, 3.8) is 0 Å². The first-order chi connectivity index (χ1) is 10.1. The third kappa shape index (κ3) is 3.87. The van der Waals surface area contributed by atoms with E-state index in [-0.39, 0.29) is 11.6 Å². The van der Waals surface area contributed by atoms with E-state index in [2.05, 4.69) is 5.32 Å². The molecular weight excluding hydrogens is 272 g/mol. The molecule has 0 radical (unpaired) electrons. The van der Waals surface area contributed by atoms with Crippen LogP contribution in [0.2, 0.25) is 0 Å². The molecule has 6 heteroatoms. The van der Waals surface area contributed by atoms with Crippen LogP contribution in [0.3, 0.4) is 0 Å². The van der Waals surface area contributed by atoms with Crippen molar-refractivity contribution >= 4 is 17.3 Å². The van der Waals surface area contributed by atoms with Gasteiger partial charge in [-0.25, -0.2) is 0 Å². The number of non-ortho nitro benzene ring substituents is 1. The number of benzene rings is 2. The maximum absolute atomic E-state index is 12.0. The quantitative estimate of drug-likeness (QED) is 0.676. The molecule has 0 aromatic heterocycles. The van der Waals surface area contributed by atoms with Gasteiger partial charge in [0.1, 0.15) is 0 Å². The summed E-state index contributed by atoms with van der Waals surface area (Å²) in [5, 5.41) is 13.2. The van der Waals surface area contributed by atoms with Crippen molar-refractivity contribution in [3.8, 4) is 0 Å². The van der Waals surface area contributed by atoms with Crippen molar-refractivity contribution < 1.29 is 14.5 Å². The SMILES string of the molecule is COCc1ccc(C(=O)Nc2ccc([N+](=O)[O-])cc2)cc1. The fourth-order valence-electron chi connectivity index (χ4n) is 1.79. The number of nitro groups is 1. The summed E-state index contributed by atoms with van der Waals surface area (Å²) in [6, 6.07) is 12.7. The van der Waals surface area contributed by atoms with Crippen molar-refractivity contribution in [1.29, 1.82) is 0 Å². The number of ether oxygens (including phenoxy) is 1. The molecule has 1 N–H and O–H groups in total. The number of nitrogens with zero attached hydrogens (tertiary/aromatic N) is 1. The minimum Gasteiger partial charge on any atom is -0.380 e. The van der Waals surface area contributed by atoms with Crippen LogP contribution in [0.1, 0.15) is 15.9 Å². The Morgan fingerprint density at radius 2 is 1.76 bits per heavy atom. The van der Waals surface area contributed by atoms with Gasteiger partial charge < -0.3 is 10.1 Å². The van der Waals surface area contributed by atoms with Crippen LogP contribution in [-0.2, 0) is 11.3 Å². The average molecular weight is 286 g/mol. The zero-order valence-corrected chi connectivity index (χ0v) is 11.4. The number of carbonyl (C=O) groups is 1. The van der Waals surface area contributed by atoms with Crippen molar-refractivity contribution in [2.75, 3.05) is 12.4 Å². The summed E-state index contributed by atoms with van der Waals surface area (Å²) in [5.41, 5.74) is 1.97. The van der Waals surface area contributed by atoms with Crippen LogP contribution in [0.5, 0.6) is 0 Å². The van der Waals surface area contributed by atoms with Crippen molar-refractivity contribution in [2.24, 2.45) is 0 Å². The largest absolute Gasteiger partial charge is 0.380 e. The molecular formula is C15H14N2O4. The number of carbonyl (C=O) groups excluding carboxylic acids is 1. The number of nitrogens with one attached hydrogen (secondary N) is 1. The Balaban J connectivity index is 2.05. The highest BCUT2D eigenvalue weighted by molar-refractivity contribution is 6.04. The first kappa shape index (κ1) is 14.7. The predicted molar refractivity (Wildman–Crippen MR) is 78.2 cm³/mol. The lowest BCUT2D eigenvalue weighted by Gasteiger charge is -2.06. The van der Waals surface area contributed by atoms with E-state index in [0.717, 1.165) is 5.56 Å². The normalized spacial score (nSPS) is 10.1. The molecule has 2 aromatic rings. The Morgan fingerprint density at radius 1 is 1.14 bits per heavy atom. The molecule has 0 spiro atoms. The molecule has 0 atom stereocenters. The monoisotopic (exact) mass is 286 g/mol. The van der Waals surface area contributed by atoms with Crippen LogP contribution < -0.4 is 5.32 Å². The van der Waals surface area contributed by atoms with Crippen molar-refractivity contribution in [1.82, 2.24) is 0 Å². The summed E-state index contributed by atoms with van der Waals surface area (Å²) in [5.74, 6) is -0.271. The van der Waals surface area contributed by atoms with Crippen LogP contribution in [-0.4, -0.2) is 17.9 Å². The summed E-state index contributed by atoms with van der Waals surface area (Å²) in [7, 11) is 1.61. The lowest BCUT2D eigenvalue weighted by Crippen LogP contribution is -2.11. The summed E-state index contributed by atoms with van der Waals surface area (Å²) in [6.07, 6.45) is 0. The molecule has 21 heavy (non-hydrogen) atoms. The maximum Gasteiger partial charge on any atom is 0.269 e. The smallest absolute Gasteiger partial charge is 0.269 e. The number of rotatable bonds is 5. The topological polar surface area (TPSA) is 81.5 Å². The van der Waals surface area contributed by atoms with Gasteiger partial charge in [-0.3, -0.25) is 14.9 Å². The summed E-state index contributed by atoms with van der Waals surface area (Å²) < 4.78 is 5.00. The third-order valence-electron chi connectivity index (χ3n) is 2.86. The minimum absolute atomic E-state index is 0.0167. The summed E-state index contributed by atoms with van der Waals surface area (Å²) >= 11 is 0. The summed E-state index contributed by atoms with van der Waals surface area (Å²) in [6.45, 7) is 0.490. The fraction of sp³-hybridized carbons (Fsp3) is 0.133. The number of anilines is 1. The van der Waals surface area contributed by atoms with Gasteiger partial charge in [0.05, 0.1) is 11.5 Å². The van der Waals surface area contributed by atoms with Crippen LogP contribution in [0.15, 0.2) is 48.5 Å². The van der Waals surface area contributed by atoms with E-state index in [0.29, 0.717) is 17.9 Å². The van der Waals surface area contributed by atoms with Gasteiger partial charge in [0.2, 0.25) is 0 Å². The van der Waals surface area contributed by atoms with Gasteiger partial charge in [0, 0.05) is 30.5 Å². The lowest BCUT2D eigenvalue weighted by molar-refractivity contribution is -0.384. The van der Waals surface area contributed by atoms with Crippen molar-refractivity contribution in [3.05, 3.63) is 69.8 Å². The van der Waals surface area contributed by atoms with Gasteiger partial charge >= 0.3 is 0 Å². The van der Waals surface area contributed by atoms with Gasteiger partial charge in [0.25, 0.3) is 11.6 Å². The van der Waals surface area contributed by atoms with E-state index in [1.807, 2.05) is 12.1 Å². The molecule has 2 aromatic carbocycles. The molecule has 6 nitrogen and oxygen atoms in total. The van der Waals surface area contributed by atoms with Crippen LogP contribution >= 0.6 is 0 Å². The molecule has 0 saturated carbocycles. The highest BCUT2D eigenvalue weighted by atomic mass is 16.6. The Morgan fingerprint density at radius 3 is 2.29 bits per heavy atom. The van der Waals surface area contributed by atoms with Gasteiger partial charge in [0.15, 0.2) is 0 Å². The first-order valence-corrected chi connectivity index (χ1v) is 6.24. The molecule has 0 bridgehead atoms. The average Bonchev–Trinajstić information content (AvgIpc) is 2.49. The van der Waals surface area contributed by atoms with E-state index in [1.165, 1.54) is 24.3 Å². The Labute approximate surface area is 121 Å². The van der Waals surface area contributed by atoms with Gasteiger partial charge in [-0.2, -0.15) is 0 Å². The van der Waals surface area contributed by atoms with Crippen LogP contribution in [0.25, 0.3) is 0 Å². The zero-order chi connectivity index (χ0) is 15.2. The van der Waals surface area contributed by atoms with Gasteiger partial charge in [-0.15, -0.1) is 0 Å². The van der Waals surface area contributed by atoms with E-state index < -0.39 is 4.92 Å². The molecule has 0 aliphatic carbocycles. The minimum atomic E-state index is -0.486. The molecule has 0 fully saturated rings. The van der Waals surface area contributed by atoms with Crippen LogP contribution in [0, 0.1) is 10.1 Å². The maximum atomic E-state index is 12.0. The fourth-order valence-corrected chi connectivity index (χ4v) is 1.79. The van der Waals surface area contributed by atoms with E-state index in [9.17, 15) is 14.9 Å². The molecule has 2 rings (SSSR count). The van der Waals surface area contributed by atoms with E-state index in [1.54, 1.807) is 19.2 Å². The van der Waals surface area contributed by atoms with E-state index >= 15 is 0 Å². The molecule has 0 unspecified atom stereocenters. The van der Waals surface area contributed by atoms with Gasteiger partial charge in [-0.1, -0.05) is 12.1 Å². The highest BCUT2D eigenvalue weighted by Gasteiger charge is 2.08. The number of hydrogen-bond acceptors (Lipinski definition) is 4. The molecule has 0 saturated heterocycles. The predicted octanol–water partition coefficient (Wildman–Crippen LogP) is 2.99. The molecule has 1 amide bonds. The zero-order valence-electron chi connectivity index (χ0n) is 11.4. The molecule has 0 aliphatic heterocycles. The molecule has 108 valence electrons. The van der Waals surface area contributed by atoms with Crippen molar-refractivity contribution in [2.45, 2.75) is 6.61 Å². The third-order valence-corrected chi connectivity index (χ3v) is 2.86. The molecule has 0 heterocycles.